The van der Waals surface area contributed by atoms with Crippen molar-refractivity contribution >= 4 is 23.0 Å². The molecule has 0 heterocycles. The highest BCUT2D eigenvalue weighted by Crippen LogP contribution is 2.17. The third kappa shape index (κ3) is 3.71. The Morgan fingerprint density at radius 2 is 2.00 bits per heavy atom. The van der Waals surface area contributed by atoms with Crippen LogP contribution in [0.25, 0.3) is 0 Å². The summed E-state index contributed by atoms with van der Waals surface area (Å²) < 4.78 is 5.27. The molecule has 17 heavy (non-hydrogen) atoms. The van der Waals surface area contributed by atoms with Crippen molar-refractivity contribution in [1.82, 2.24) is 10.3 Å². The molecule has 0 aliphatic rings. The Labute approximate surface area is 107 Å². The maximum atomic E-state index is 5.27. The van der Waals surface area contributed by atoms with Crippen molar-refractivity contribution in [2.45, 2.75) is 6.92 Å². The van der Waals surface area contributed by atoms with Crippen molar-refractivity contribution < 1.29 is 4.74 Å². The Morgan fingerprint density at radius 3 is 2.59 bits per heavy atom. The van der Waals surface area contributed by atoms with Crippen molar-refractivity contribution in [3.8, 4) is 5.75 Å². The Hall–Kier alpha value is -1.62. The molecule has 0 spiro atoms. The summed E-state index contributed by atoms with van der Waals surface area (Å²) in [7, 11) is 5.37. The first-order chi connectivity index (χ1) is 8.06. The molecule has 0 saturated carbocycles. The molecule has 4 nitrogen and oxygen atoms in total. The van der Waals surface area contributed by atoms with Gasteiger partial charge in [-0.05, 0) is 31.3 Å². The molecule has 1 aromatic rings. The smallest absolute Gasteiger partial charge is 0.189 e. The highest BCUT2D eigenvalue weighted by atomic mass is 32.1. The fourth-order valence-electron chi connectivity index (χ4n) is 1.24. The third-order valence-corrected chi connectivity index (χ3v) is 2.68. The monoisotopic (exact) mass is 251 g/mol. The topological polar surface area (TPSA) is 36.9 Å². The number of nitrogens with one attached hydrogen (secondary N) is 1. The van der Waals surface area contributed by atoms with Crippen molar-refractivity contribution in [3.05, 3.63) is 29.8 Å². The van der Waals surface area contributed by atoms with Crippen LogP contribution in [0.2, 0.25) is 0 Å². The summed E-state index contributed by atoms with van der Waals surface area (Å²) in [5.41, 5.74) is 4.60. The predicted molar refractivity (Wildman–Crippen MR) is 74.6 cm³/mol. The van der Waals surface area contributed by atoms with Crippen molar-refractivity contribution in [1.29, 1.82) is 0 Å². The lowest BCUT2D eigenvalue weighted by Crippen LogP contribution is -2.31. The fourth-order valence-corrected chi connectivity index (χ4v) is 1.28. The van der Waals surface area contributed by atoms with Gasteiger partial charge in [-0.2, -0.15) is 5.10 Å². The van der Waals surface area contributed by atoms with Gasteiger partial charge in [-0.1, -0.05) is 12.1 Å². The van der Waals surface area contributed by atoms with E-state index >= 15 is 0 Å². The molecule has 0 amide bonds. The van der Waals surface area contributed by atoms with E-state index in [-0.39, 0.29) is 0 Å². The molecular weight excluding hydrogens is 234 g/mol. The summed E-state index contributed by atoms with van der Waals surface area (Å²) in [6.07, 6.45) is 0. The van der Waals surface area contributed by atoms with Gasteiger partial charge in [0.05, 0.1) is 12.8 Å². The van der Waals surface area contributed by atoms with E-state index in [1.807, 2.05) is 45.3 Å². The van der Waals surface area contributed by atoms with Gasteiger partial charge in [0.25, 0.3) is 0 Å². The molecule has 0 atom stereocenters. The van der Waals surface area contributed by atoms with E-state index in [1.165, 1.54) is 0 Å². The maximum Gasteiger partial charge on any atom is 0.189 e. The van der Waals surface area contributed by atoms with E-state index in [2.05, 4.69) is 10.5 Å². The fraction of sp³-hybridized carbons (Fsp3) is 0.333. The average molecular weight is 251 g/mol. The zero-order valence-corrected chi connectivity index (χ0v) is 11.3. The van der Waals surface area contributed by atoms with Gasteiger partial charge in [0.1, 0.15) is 5.75 Å². The van der Waals surface area contributed by atoms with Crippen LogP contribution in [0, 0.1) is 0 Å². The van der Waals surface area contributed by atoms with Gasteiger partial charge < -0.3 is 9.64 Å². The van der Waals surface area contributed by atoms with Gasteiger partial charge in [0.15, 0.2) is 5.11 Å². The second kappa shape index (κ2) is 6.20. The first-order valence-electron chi connectivity index (χ1n) is 5.21. The SMILES string of the molecule is COc1ccccc1C(C)=NNC(=S)N(C)C. The number of thiocarbonyl (C=S) groups is 1. The molecule has 0 aliphatic carbocycles. The van der Waals surface area contributed by atoms with E-state index in [1.54, 1.807) is 12.0 Å². The summed E-state index contributed by atoms with van der Waals surface area (Å²) in [5, 5.41) is 4.80. The standard InChI is InChI=1S/C12H17N3OS/c1-9(13-14-12(17)15(2)3)10-7-5-6-8-11(10)16-4/h5-8H,1-4H3,(H,14,17). The third-order valence-electron chi connectivity index (χ3n) is 2.22. The second-order valence-corrected chi connectivity index (χ2v) is 4.10. The number of para-hydroxylation sites is 1. The van der Waals surface area contributed by atoms with Crippen molar-refractivity contribution in [2.75, 3.05) is 21.2 Å². The van der Waals surface area contributed by atoms with Crippen LogP contribution < -0.4 is 10.2 Å². The van der Waals surface area contributed by atoms with E-state index < -0.39 is 0 Å². The quantitative estimate of drug-likeness (QED) is 0.505. The minimum absolute atomic E-state index is 0.569. The second-order valence-electron chi connectivity index (χ2n) is 3.71. The molecule has 1 rings (SSSR count). The largest absolute Gasteiger partial charge is 0.496 e. The number of benzene rings is 1. The average Bonchev–Trinajstić information content (AvgIpc) is 2.35. The van der Waals surface area contributed by atoms with E-state index in [4.69, 9.17) is 17.0 Å². The number of hydrazone groups is 1. The van der Waals surface area contributed by atoms with E-state index in [0.29, 0.717) is 5.11 Å². The summed E-state index contributed by atoms with van der Waals surface area (Å²) in [4.78, 5) is 1.79. The summed E-state index contributed by atoms with van der Waals surface area (Å²) in [5.74, 6) is 0.798. The molecule has 0 unspecified atom stereocenters. The van der Waals surface area contributed by atoms with Crippen LogP contribution in [0.15, 0.2) is 29.4 Å². The lowest BCUT2D eigenvalue weighted by atomic mass is 10.1. The molecule has 0 radical (unpaired) electrons. The first kappa shape index (κ1) is 13.4. The van der Waals surface area contributed by atoms with Crippen LogP contribution in [-0.4, -0.2) is 36.9 Å². The Morgan fingerprint density at radius 1 is 1.35 bits per heavy atom. The zero-order valence-electron chi connectivity index (χ0n) is 10.5. The molecule has 5 heteroatoms. The van der Waals surface area contributed by atoms with Gasteiger partial charge >= 0.3 is 0 Å². The number of hydrogen-bond donors (Lipinski definition) is 1. The molecule has 0 saturated heterocycles. The normalized spacial score (nSPS) is 10.9. The molecule has 92 valence electrons. The van der Waals surface area contributed by atoms with Crippen LogP contribution in [0.5, 0.6) is 5.75 Å². The van der Waals surface area contributed by atoms with Crippen LogP contribution in [0.3, 0.4) is 0 Å². The zero-order chi connectivity index (χ0) is 12.8. The van der Waals surface area contributed by atoms with Crippen molar-refractivity contribution in [2.24, 2.45) is 5.10 Å². The molecule has 0 aromatic heterocycles. The molecule has 0 aliphatic heterocycles. The van der Waals surface area contributed by atoms with Gasteiger partial charge in [-0.25, -0.2) is 0 Å². The summed E-state index contributed by atoms with van der Waals surface area (Å²) >= 11 is 5.08. The number of rotatable bonds is 3. The van der Waals surface area contributed by atoms with Crippen LogP contribution >= 0.6 is 12.2 Å². The number of nitrogens with zero attached hydrogens (tertiary/aromatic N) is 2. The Kier molecular flexibility index (Phi) is 4.90. The van der Waals surface area contributed by atoms with E-state index in [0.717, 1.165) is 17.0 Å². The lowest BCUT2D eigenvalue weighted by Gasteiger charge is -2.13. The highest BCUT2D eigenvalue weighted by molar-refractivity contribution is 7.80. The minimum atomic E-state index is 0.569. The molecule has 0 fully saturated rings. The van der Waals surface area contributed by atoms with Crippen LogP contribution in [-0.2, 0) is 0 Å². The van der Waals surface area contributed by atoms with E-state index in [9.17, 15) is 0 Å². The van der Waals surface area contributed by atoms with Gasteiger partial charge in [-0.15, -0.1) is 0 Å². The van der Waals surface area contributed by atoms with Gasteiger partial charge in [0.2, 0.25) is 0 Å². The Bertz CT molecular complexity index is 430. The number of ether oxygens (including phenoxy) is 1. The lowest BCUT2D eigenvalue weighted by molar-refractivity contribution is 0.414. The molecular formula is C12H17N3OS. The number of hydrogen-bond acceptors (Lipinski definition) is 3. The van der Waals surface area contributed by atoms with Gasteiger partial charge in [0, 0.05) is 19.7 Å². The van der Waals surface area contributed by atoms with Gasteiger partial charge in [-0.3, -0.25) is 5.43 Å². The predicted octanol–water partition coefficient (Wildman–Crippen LogP) is 1.86. The van der Waals surface area contributed by atoms with Crippen LogP contribution in [0.4, 0.5) is 0 Å². The first-order valence-corrected chi connectivity index (χ1v) is 5.62. The van der Waals surface area contributed by atoms with Crippen LogP contribution in [0.1, 0.15) is 12.5 Å². The number of methoxy groups -OCH3 is 1. The van der Waals surface area contributed by atoms with Crippen molar-refractivity contribution in [3.63, 3.8) is 0 Å². The Balaban J connectivity index is 2.85. The molecule has 1 aromatic carbocycles. The minimum Gasteiger partial charge on any atom is -0.496 e. The summed E-state index contributed by atoms with van der Waals surface area (Å²) in [6, 6.07) is 7.73. The maximum absolute atomic E-state index is 5.27. The molecule has 0 bridgehead atoms. The highest BCUT2D eigenvalue weighted by Gasteiger charge is 2.05. The molecule has 1 N–H and O–H groups in total. The summed E-state index contributed by atoms with van der Waals surface area (Å²) in [6.45, 7) is 1.91.